The lowest BCUT2D eigenvalue weighted by Crippen LogP contribution is -2.43. The van der Waals surface area contributed by atoms with Crippen LogP contribution in [0.5, 0.6) is 0 Å². The van der Waals surface area contributed by atoms with Crippen LogP contribution in [-0.4, -0.2) is 51.0 Å². The number of nitrogens with zero attached hydrogens (tertiary/aromatic N) is 1. The predicted molar refractivity (Wildman–Crippen MR) is 88.4 cm³/mol. The van der Waals surface area contributed by atoms with Crippen molar-refractivity contribution in [3.05, 3.63) is 12.2 Å². The number of carbonyl (C=O) groups is 1. The van der Waals surface area contributed by atoms with E-state index < -0.39 is 9.84 Å². The molecule has 22 heavy (non-hydrogen) atoms. The van der Waals surface area contributed by atoms with Crippen molar-refractivity contribution in [3.8, 4) is 0 Å². The highest BCUT2D eigenvalue weighted by molar-refractivity contribution is 7.90. The summed E-state index contributed by atoms with van der Waals surface area (Å²) in [6.45, 7) is 6.17. The molecule has 2 atom stereocenters. The monoisotopic (exact) mass is 328 g/mol. The van der Waals surface area contributed by atoms with Crippen LogP contribution >= 0.6 is 0 Å². The first kappa shape index (κ1) is 17.3. The molecule has 2 aliphatic rings. The number of sulfone groups is 1. The van der Waals surface area contributed by atoms with E-state index in [1.54, 1.807) is 0 Å². The quantitative estimate of drug-likeness (QED) is 0.786. The van der Waals surface area contributed by atoms with Gasteiger partial charge in [-0.1, -0.05) is 26.0 Å². The van der Waals surface area contributed by atoms with E-state index >= 15 is 0 Å². The summed E-state index contributed by atoms with van der Waals surface area (Å²) in [4.78, 5) is 14.2. The lowest BCUT2D eigenvalue weighted by molar-refractivity contribution is 0.199. The van der Waals surface area contributed by atoms with Crippen LogP contribution in [-0.2, 0) is 9.84 Å². The maximum Gasteiger partial charge on any atom is 0.317 e. The van der Waals surface area contributed by atoms with Gasteiger partial charge in [0.25, 0.3) is 0 Å². The van der Waals surface area contributed by atoms with Gasteiger partial charge in [-0.05, 0) is 36.5 Å². The van der Waals surface area contributed by atoms with Crippen molar-refractivity contribution in [2.24, 2.45) is 17.3 Å². The third-order valence-electron chi connectivity index (χ3n) is 4.78. The molecule has 0 aromatic carbocycles. The minimum atomic E-state index is -2.96. The molecule has 1 heterocycles. The summed E-state index contributed by atoms with van der Waals surface area (Å²) in [5, 5.41) is 2.98. The summed E-state index contributed by atoms with van der Waals surface area (Å²) >= 11 is 0. The van der Waals surface area contributed by atoms with Gasteiger partial charge in [0.2, 0.25) is 0 Å². The van der Waals surface area contributed by atoms with E-state index in [1.807, 2.05) is 18.7 Å². The standard InChI is InChI=1S/C16H28N2O3S/c1-16(2,8-9-22(3,20)21)12-17-15(19)18-10-13-6-4-5-7-14(13)11-18/h4-5,13-14H,6-12H2,1-3H3,(H,17,19)/t13-,14-/m0/s1. The molecule has 0 aromatic rings. The van der Waals surface area contributed by atoms with E-state index in [9.17, 15) is 13.2 Å². The molecule has 2 rings (SSSR count). The van der Waals surface area contributed by atoms with Gasteiger partial charge in [-0.3, -0.25) is 0 Å². The van der Waals surface area contributed by atoms with Crippen LogP contribution in [0, 0.1) is 17.3 Å². The Morgan fingerprint density at radius 2 is 1.77 bits per heavy atom. The van der Waals surface area contributed by atoms with E-state index in [4.69, 9.17) is 0 Å². The molecule has 1 aliphatic heterocycles. The molecule has 1 fully saturated rings. The maximum atomic E-state index is 12.3. The molecule has 6 heteroatoms. The number of nitrogens with one attached hydrogen (secondary N) is 1. The highest BCUT2D eigenvalue weighted by Crippen LogP contribution is 2.32. The fraction of sp³-hybridized carbons (Fsp3) is 0.812. The van der Waals surface area contributed by atoms with Crippen LogP contribution in [0.2, 0.25) is 0 Å². The molecule has 1 saturated heterocycles. The van der Waals surface area contributed by atoms with Crippen molar-refractivity contribution in [1.29, 1.82) is 0 Å². The molecule has 5 nitrogen and oxygen atoms in total. The first-order valence-corrected chi connectivity index (χ1v) is 10.1. The number of hydrogen-bond acceptors (Lipinski definition) is 3. The van der Waals surface area contributed by atoms with Gasteiger partial charge in [0, 0.05) is 25.9 Å². The maximum absolute atomic E-state index is 12.3. The van der Waals surface area contributed by atoms with Crippen LogP contribution in [0.1, 0.15) is 33.1 Å². The average Bonchev–Trinajstić information content (AvgIpc) is 2.86. The lowest BCUT2D eigenvalue weighted by Gasteiger charge is -2.26. The second kappa shape index (κ2) is 6.60. The second-order valence-electron chi connectivity index (χ2n) is 7.57. The van der Waals surface area contributed by atoms with Gasteiger partial charge in [0.1, 0.15) is 9.84 Å². The zero-order valence-corrected chi connectivity index (χ0v) is 14.7. The van der Waals surface area contributed by atoms with Crippen molar-refractivity contribution in [2.45, 2.75) is 33.1 Å². The minimum Gasteiger partial charge on any atom is -0.337 e. The number of carbonyl (C=O) groups excluding carboxylic acids is 1. The molecule has 126 valence electrons. The molecule has 0 bridgehead atoms. The van der Waals surface area contributed by atoms with Crippen molar-refractivity contribution in [2.75, 3.05) is 31.6 Å². The third kappa shape index (κ3) is 5.00. The van der Waals surface area contributed by atoms with Gasteiger partial charge in [-0.25, -0.2) is 13.2 Å². The summed E-state index contributed by atoms with van der Waals surface area (Å²) in [6.07, 6.45) is 8.40. The van der Waals surface area contributed by atoms with E-state index in [0.717, 1.165) is 25.9 Å². The SMILES string of the molecule is CC(C)(CCS(C)(=O)=O)CNC(=O)N1C[C@@H]2CC=CC[C@H]2C1. The van der Waals surface area contributed by atoms with Crippen LogP contribution in [0.4, 0.5) is 4.79 Å². The van der Waals surface area contributed by atoms with Crippen molar-refractivity contribution < 1.29 is 13.2 Å². The molecule has 0 unspecified atom stereocenters. The number of amides is 2. The first-order chi connectivity index (χ1) is 10.2. The predicted octanol–water partition coefficient (Wildman–Crippen LogP) is 2.05. The normalized spacial score (nSPS) is 25.1. The number of rotatable bonds is 5. The second-order valence-corrected chi connectivity index (χ2v) is 9.83. The minimum absolute atomic E-state index is 0.0122. The summed E-state index contributed by atoms with van der Waals surface area (Å²) in [5.74, 6) is 1.37. The lowest BCUT2D eigenvalue weighted by atomic mass is 9.86. The highest BCUT2D eigenvalue weighted by atomic mass is 32.2. The number of urea groups is 1. The van der Waals surface area contributed by atoms with E-state index in [-0.39, 0.29) is 17.2 Å². The number of hydrogen-bond donors (Lipinski definition) is 1. The molecule has 0 spiro atoms. The number of allylic oxidation sites excluding steroid dienone is 2. The Labute approximate surface area is 134 Å². The van der Waals surface area contributed by atoms with Gasteiger partial charge in [0.05, 0.1) is 5.75 Å². The largest absolute Gasteiger partial charge is 0.337 e. The van der Waals surface area contributed by atoms with E-state index in [2.05, 4.69) is 17.5 Å². The fourth-order valence-corrected chi connectivity index (χ4v) is 4.08. The van der Waals surface area contributed by atoms with Crippen molar-refractivity contribution in [3.63, 3.8) is 0 Å². The summed E-state index contributed by atoms with van der Waals surface area (Å²) in [5.41, 5.74) is -0.215. The number of fused-ring (bicyclic) bond motifs is 1. The van der Waals surface area contributed by atoms with Gasteiger partial charge in [-0.2, -0.15) is 0 Å². The zero-order chi connectivity index (χ0) is 16.4. The highest BCUT2D eigenvalue weighted by Gasteiger charge is 2.35. The Kier molecular flexibility index (Phi) is 5.20. The van der Waals surface area contributed by atoms with Gasteiger partial charge in [0.15, 0.2) is 0 Å². The number of likely N-dealkylation sites (tertiary alicyclic amines) is 1. The summed E-state index contributed by atoms with van der Waals surface area (Å²) in [7, 11) is -2.96. The Hall–Kier alpha value is -1.04. The van der Waals surface area contributed by atoms with Gasteiger partial charge >= 0.3 is 6.03 Å². The molecular formula is C16H28N2O3S. The van der Waals surface area contributed by atoms with E-state index in [0.29, 0.717) is 24.8 Å². The van der Waals surface area contributed by atoms with Gasteiger partial charge < -0.3 is 10.2 Å². The molecule has 1 N–H and O–H groups in total. The summed E-state index contributed by atoms with van der Waals surface area (Å²) in [6, 6.07) is -0.0122. The third-order valence-corrected chi connectivity index (χ3v) is 5.72. The smallest absolute Gasteiger partial charge is 0.317 e. The molecule has 0 saturated carbocycles. The molecular weight excluding hydrogens is 300 g/mol. The Morgan fingerprint density at radius 1 is 1.23 bits per heavy atom. The molecule has 2 amide bonds. The van der Waals surface area contributed by atoms with Gasteiger partial charge in [-0.15, -0.1) is 0 Å². The van der Waals surface area contributed by atoms with Crippen LogP contribution in [0.15, 0.2) is 12.2 Å². The van der Waals surface area contributed by atoms with Crippen LogP contribution in [0.3, 0.4) is 0 Å². The van der Waals surface area contributed by atoms with Crippen LogP contribution in [0.25, 0.3) is 0 Å². The Bertz CT molecular complexity index is 524. The first-order valence-electron chi connectivity index (χ1n) is 8.02. The summed E-state index contributed by atoms with van der Waals surface area (Å²) < 4.78 is 22.5. The Morgan fingerprint density at radius 3 is 2.27 bits per heavy atom. The zero-order valence-electron chi connectivity index (χ0n) is 13.8. The molecule has 0 radical (unpaired) electrons. The Balaban J connectivity index is 1.78. The molecule has 1 aliphatic carbocycles. The molecule has 0 aromatic heterocycles. The fourth-order valence-electron chi connectivity index (χ4n) is 3.16. The van der Waals surface area contributed by atoms with Crippen molar-refractivity contribution >= 4 is 15.9 Å². The average molecular weight is 328 g/mol. The van der Waals surface area contributed by atoms with Crippen LogP contribution < -0.4 is 5.32 Å². The topological polar surface area (TPSA) is 66.5 Å². The van der Waals surface area contributed by atoms with Crippen molar-refractivity contribution in [1.82, 2.24) is 10.2 Å². The van der Waals surface area contributed by atoms with E-state index in [1.165, 1.54) is 6.26 Å².